The van der Waals surface area contributed by atoms with Crippen molar-refractivity contribution in [2.45, 2.75) is 13.0 Å². The van der Waals surface area contributed by atoms with Gasteiger partial charge >= 0.3 is 0 Å². The lowest BCUT2D eigenvalue weighted by molar-refractivity contribution is 0.262. The lowest BCUT2D eigenvalue weighted by atomic mass is 10.2. The molecule has 0 saturated heterocycles. The maximum absolute atomic E-state index is 5.78. The second-order valence-electron chi connectivity index (χ2n) is 6.27. The summed E-state index contributed by atoms with van der Waals surface area (Å²) in [5.74, 6) is 2.67. The minimum atomic E-state index is 0.104. The van der Waals surface area contributed by atoms with Crippen LogP contribution in [0.25, 0.3) is 0 Å². The van der Waals surface area contributed by atoms with E-state index in [-0.39, 0.29) is 6.04 Å². The van der Waals surface area contributed by atoms with Gasteiger partial charge in [0.1, 0.15) is 18.1 Å². The lowest BCUT2D eigenvalue weighted by Crippen LogP contribution is -2.41. The largest absolute Gasteiger partial charge is 0.492 e. The van der Waals surface area contributed by atoms with Crippen LogP contribution in [0.2, 0.25) is 0 Å². The fraction of sp³-hybridized carbons (Fsp3) is 0.450. The summed E-state index contributed by atoms with van der Waals surface area (Å²) in [4.78, 5) is 8.99. The number of benzene rings is 1. The molecular formula is C20H30N4O2. The predicted octanol–water partition coefficient (Wildman–Crippen LogP) is 2.86. The highest BCUT2D eigenvalue weighted by Crippen LogP contribution is 2.19. The van der Waals surface area contributed by atoms with Crippen LogP contribution in [0, 0.1) is 0 Å². The fourth-order valence-electron chi connectivity index (χ4n) is 2.55. The molecule has 0 amide bonds. The van der Waals surface area contributed by atoms with Gasteiger partial charge in [-0.25, -0.2) is 0 Å². The second-order valence-corrected chi connectivity index (χ2v) is 6.27. The number of nitrogens with one attached hydrogen (secondary N) is 1. The van der Waals surface area contributed by atoms with Crippen LogP contribution in [-0.2, 0) is 0 Å². The van der Waals surface area contributed by atoms with E-state index in [1.165, 1.54) is 0 Å². The van der Waals surface area contributed by atoms with E-state index in [0.29, 0.717) is 13.2 Å². The average molecular weight is 358 g/mol. The number of aliphatic imine (C=N–C) groups is 1. The van der Waals surface area contributed by atoms with Crippen molar-refractivity contribution in [2.24, 2.45) is 4.99 Å². The Hall–Kier alpha value is -2.47. The Morgan fingerprint density at radius 3 is 2.54 bits per heavy atom. The number of rotatable bonds is 9. The minimum Gasteiger partial charge on any atom is -0.492 e. The van der Waals surface area contributed by atoms with Crippen molar-refractivity contribution in [3.05, 3.63) is 54.5 Å². The van der Waals surface area contributed by atoms with E-state index in [4.69, 9.17) is 14.1 Å². The maximum Gasteiger partial charge on any atom is 0.193 e. The van der Waals surface area contributed by atoms with E-state index < -0.39 is 0 Å². The van der Waals surface area contributed by atoms with Crippen LogP contribution in [0.15, 0.2) is 58.1 Å². The smallest absolute Gasteiger partial charge is 0.193 e. The van der Waals surface area contributed by atoms with Crippen LogP contribution in [0.4, 0.5) is 0 Å². The number of nitrogens with zero attached hydrogens (tertiary/aromatic N) is 3. The normalized spacial score (nSPS) is 12.9. The predicted molar refractivity (Wildman–Crippen MR) is 106 cm³/mol. The van der Waals surface area contributed by atoms with Crippen molar-refractivity contribution >= 4 is 5.96 Å². The van der Waals surface area contributed by atoms with Crippen molar-refractivity contribution in [1.29, 1.82) is 0 Å². The third kappa shape index (κ3) is 6.11. The number of para-hydroxylation sites is 1. The van der Waals surface area contributed by atoms with Crippen LogP contribution in [0.5, 0.6) is 5.75 Å². The zero-order valence-corrected chi connectivity index (χ0v) is 16.2. The summed E-state index contributed by atoms with van der Waals surface area (Å²) in [6, 6.07) is 13.9. The molecule has 0 aliphatic rings. The van der Waals surface area contributed by atoms with Gasteiger partial charge in [0.15, 0.2) is 5.96 Å². The molecular weight excluding hydrogens is 328 g/mol. The van der Waals surface area contributed by atoms with Gasteiger partial charge in [0.05, 0.1) is 25.4 Å². The summed E-state index contributed by atoms with van der Waals surface area (Å²) in [5, 5.41) is 3.34. The molecule has 0 bridgehead atoms. The zero-order chi connectivity index (χ0) is 18.8. The van der Waals surface area contributed by atoms with E-state index in [9.17, 15) is 0 Å². The maximum atomic E-state index is 5.78. The average Bonchev–Trinajstić information content (AvgIpc) is 3.16. The van der Waals surface area contributed by atoms with Crippen LogP contribution in [-0.4, -0.2) is 63.1 Å². The molecule has 0 aliphatic heterocycles. The van der Waals surface area contributed by atoms with Crippen molar-refractivity contribution in [2.75, 3.05) is 47.4 Å². The Bertz CT molecular complexity index is 641. The van der Waals surface area contributed by atoms with E-state index >= 15 is 0 Å². The molecule has 0 radical (unpaired) electrons. The van der Waals surface area contributed by atoms with Crippen LogP contribution in [0.1, 0.15) is 18.7 Å². The van der Waals surface area contributed by atoms with Crippen LogP contribution >= 0.6 is 0 Å². The first-order valence-electron chi connectivity index (χ1n) is 8.99. The van der Waals surface area contributed by atoms with Gasteiger partial charge in [0.2, 0.25) is 0 Å². The standard InChI is InChI=1S/C20H30N4O2/c1-5-21-20(22-16-18(23(2)3)19-12-9-14-26-19)24(4)13-15-25-17-10-7-6-8-11-17/h6-12,14,18H,5,13,15-16H2,1-4H3,(H,21,22). The highest BCUT2D eigenvalue weighted by molar-refractivity contribution is 5.79. The number of ether oxygens (including phenoxy) is 1. The van der Waals surface area contributed by atoms with Gasteiger partial charge in [-0.1, -0.05) is 18.2 Å². The lowest BCUT2D eigenvalue weighted by Gasteiger charge is -2.24. The first-order chi connectivity index (χ1) is 12.6. The molecule has 0 saturated carbocycles. The molecule has 1 aromatic heterocycles. The zero-order valence-electron chi connectivity index (χ0n) is 16.2. The van der Waals surface area contributed by atoms with E-state index in [2.05, 4.69) is 22.0 Å². The third-order valence-electron chi connectivity index (χ3n) is 4.04. The Kier molecular flexibility index (Phi) is 8.02. The molecule has 1 atom stereocenters. The number of hydrogen-bond acceptors (Lipinski definition) is 4. The van der Waals surface area contributed by atoms with E-state index in [1.54, 1.807) is 6.26 Å². The summed E-state index contributed by atoms with van der Waals surface area (Å²) in [6.07, 6.45) is 1.70. The summed E-state index contributed by atoms with van der Waals surface area (Å²) in [5.41, 5.74) is 0. The quantitative estimate of drug-likeness (QED) is 0.552. The second kappa shape index (κ2) is 10.5. The highest BCUT2D eigenvalue weighted by atomic mass is 16.5. The molecule has 26 heavy (non-hydrogen) atoms. The number of likely N-dealkylation sites (N-methyl/N-ethyl adjacent to an activating group) is 2. The molecule has 1 N–H and O–H groups in total. The fourth-order valence-corrected chi connectivity index (χ4v) is 2.55. The molecule has 1 heterocycles. The molecule has 1 aromatic carbocycles. The Labute approximate surface area is 156 Å². The molecule has 2 rings (SSSR count). The highest BCUT2D eigenvalue weighted by Gasteiger charge is 2.17. The van der Waals surface area contributed by atoms with Crippen LogP contribution < -0.4 is 10.1 Å². The summed E-state index contributed by atoms with van der Waals surface area (Å²) < 4.78 is 11.3. The molecule has 2 aromatic rings. The van der Waals surface area contributed by atoms with Crippen molar-refractivity contribution in [3.8, 4) is 5.75 Å². The SMILES string of the molecule is CCNC(=NCC(c1ccco1)N(C)C)N(C)CCOc1ccccc1. The first kappa shape index (κ1) is 19.8. The number of furan rings is 1. The van der Waals surface area contributed by atoms with Gasteiger partial charge in [-0.3, -0.25) is 9.89 Å². The molecule has 0 aliphatic carbocycles. The molecule has 0 spiro atoms. The number of guanidine groups is 1. The van der Waals surface area contributed by atoms with Gasteiger partial charge in [0.25, 0.3) is 0 Å². The molecule has 1 unspecified atom stereocenters. The summed E-state index contributed by atoms with van der Waals surface area (Å²) >= 11 is 0. The topological polar surface area (TPSA) is 53.2 Å². The monoisotopic (exact) mass is 358 g/mol. The third-order valence-corrected chi connectivity index (χ3v) is 4.04. The summed E-state index contributed by atoms with van der Waals surface area (Å²) in [7, 11) is 6.09. The van der Waals surface area contributed by atoms with E-state index in [0.717, 1.165) is 30.6 Å². The minimum absolute atomic E-state index is 0.104. The Balaban J connectivity index is 1.93. The van der Waals surface area contributed by atoms with Crippen molar-refractivity contribution in [1.82, 2.24) is 15.1 Å². The Morgan fingerprint density at radius 1 is 1.15 bits per heavy atom. The van der Waals surface area contributed by atoms with Crippen LogP contribution in [0.3, 0.4) is 0 Å². The van der Waals surface area contributed by atoms with Gasteiger partial charge < -0.3 is 19.4 Å². The molecule has 6 heteroatoms. The molecule has 142 valence electrons. The molecule has 6 nitrogen and oxygen atoms in total. The van der Waals surface area contributed by atoms with Crippen molar-refractivity contribution < 1.29 is 9.15 Å². The van der Waals surface area contributed by atoms with Gasteiger partial charge in [-0.15, -0.1) is 0 Å². The van der Waals surface area contributed by atoms with Crippen molar-refractivity contribution in [3.63, 3.8) is 0 Å². The van der Waals surface area contributed by atoms with Gasteiger partial charge in [-0.2, -0.15) is 0 Å². The van der Waals surface area contributed by atoms with Gasteiger partial charge in [-0.05, 0) is 45.3 Å². The van der Waals surface area contributed by atoms with E-state index in [1.807, 2.05) is 63.6 Å². The summed E-state index contributed by atoms with van der Waals surface area (Å²) in [6.45, 7) is 4.84. The van der Waals surface area contributed by atoms with Gasteiger partial charge in [0, 0.05) is 13.6 Å². The Morgan fingerprint density at radius 2 is 1.92 bits per heavy atom. The molecule has 0 fully saturated rings. The number of hydrogen-bond donors (Lipinski definition) is 1. The first-order valence-corrected chi connectivity index (χ1v) is 8.99.